The molecule has 3 N–H and O–H groups in total. The van der Waals surface area contributed by atoms with Crippen LogP contribution in [0, 0.1) is 0 Å². The van der Waals surface area contributed by atoms with Crippen LogP contribution >= 0.6 is 0 Å². The largest absolute Gasteiger partial charge is 0.366 e. The molecular formula is C5H7N3O2. The minimum Gasteiger partial charge on any atom is -0.366 e. The van der Waals surface area contributed by atoms with Crippen molar-refractivity contribution in [2.24, 2.45) is 10.8 Å². The van der Waals surface area contributed by atoms with Gasteiger partial charge in [-0.25, -0.2) is 5.43 Å². The molecular weight excluding hydrogens is 134 g/mol. The predicted molar refractivity (Wildman–Crippen MR) is 36.0 cm³/mol. The van der Waals surface area contributed by atoms with Crippen LogP contribution in [0.2, 0.25) is 0 Å². The zero-order chi connectivity index (χ0) is 7.98. The van der Waals surface area contributed by atoms with Gasteiger partial charge in [0, 0.05) is 0 Å². The molecule has 0 aromatic carbocycles. The molecule has 0 radical (unpaired) electrons. The van der Waals surface area contributed by atoms with Gasteiger partial charge in [-0.1, -0.05) is 6.58 Å². The Labute approximate surface area is 57.6 Å². The highest BCUT2D eigenvalue weighted by molar-refractivity contribution is 6.30. The van der Waals surface area contributed by atoms with E-state index in [0.29, 0.717) is 0 Å². The van der Waals surface area contributed by atoms with E-state index in [2.05, 4.69) is 22.8 Å². The third-order valence-electron chi connectivity index (χ3n) is 0.558. The SMILES string of the molecule is C=CC(N)=O.O=C1C=NN1. The number of nitrogens with one attached hydrogen (secondary N) is 1. The molecule has 0 atom stereocenters. The summed E-state index contributed by atoms with van der Waals surface area (Å²) in [4.78, 5) is 19.1. The number of carbonyl (C=O) groups excluding carboxylic acids is 2. The molecule has 0 saturated heterocycles. The van der Waals surface area contributed by atoms with Crippen LogP contribution in [0.25, 0.3) is 0 Å². The Hall–Kier alpha value is -1.65. The van der Waals surface area contributed by atoms with Crippen LogP contribution in [-0.4, -0.2) is 18.0 Å². The number of nitrogens with zero attached hydrogens (tertiary/aromatic N) is 1. The Morgan fingerprint density at radius 1 is 1.90 bits per heavy atom. The average Bonchev–Trinajstić information content (AvgIpc) is 1.85. The van der Waals surface area contributed by atoms with Crippen LogP contribution in [0.15, 0.2) is 17.8 Å². The number of hydrogen-bond acceptors (Lipinski definition) is 3. The van der Waals surface area contributed by atoms with Gasteiger partial charge in [-0.15, -0.1) is 0 Å². The Morgan fingerprint density at radius 3 is 2.20 bits per heavy atom. The van der Waals surface area contributed by atoms with Crippen LogP contribution in [-0.2, 0) is 9.59 Å². The minimum atomic E-state index is -0.481. The number of carbonyl (C=O) groups is 2. The fourth-order valence-corrected chi connectivity index (χ4v) is 0.117. The molecule has 0 bridgehead atoms. The highest BCUT2D eigenvalue weighted by Gasteiger charge is 1.98. The van der Waals surface area contributed by atoms with Crippen LogP contribution in [0.4, 0.5) is 0 Å². The van der Waals surface area contributed by atoms with Gasteiger partial charge < -0.3 is 5.73 Å². The molecule has 0 spiro atoms. The highest BCUT2D eigenvalue weighted by atomic mass is 16.2. The molecule has 1 heterocycles. The van der Waals surface area contributed by atoms with E-state index < -0.39 is 5.91 Å². The molecule has 2 amide bonds. The van der Waals surface area contributed by atoms with Crippen molar-refractivity contribution in [2.45, 2.75) is 0 Å². The summed E-state index contributed by atoms with van der Waals surface area (Å²) >= 11 is 0. The lowest BCUT2D eigenvalue weighted by molar-refractivity contribution is -0.116. The Bertz CT molecular complexity index is 183. The number of nitrogens with two attached hydrogens (primary N) is 1. The predicted octanol–water partition coefficient (Wildman–Crippen LogP) is -1.24. The Kier molecular flexibility index (Phi) is 3.55. The van der Waals surface area contributed by atoms with E-state index in [1.54, 1.807) is 0 Å². The Balaban J connectivity index is 0.000000162. The first-order chi connectivity index (χ1) is 4.66. The van der Waals surface area contributed by atoms with E-state index in [0.717, 1.165) is 6.08 Å². The van der Waals surface area contributed by atoms with E-state index in [9.17, 15) is 9.59 Å². The number of primary amides is 1. The second-order valence-electron chi connectivity index (χ2n) is 1.34. The highest BCUT2D eigenvalue weighted by Crippen LogP contribution is 1.68. The molecule has 5 nitrogen and oxygen atoms in total. The van der Waals surface area contributed by atoms with Crippen molar-refractivity contribution in [2.75, 3.05) is 0 Å². The van der Waals surface area contributed by atoms with Gasteiger partial charge in [-0.3, -0.25) is 9.59 Å². The van der Waals surface area contributed by atoms with E-state index in [1.807, 2.05) is 0 Å². The van der Waals surface area contributed by atoms with Crippen molar-refractivity contribution < 1.29 is 9.59 Å². The van der Waals surface area contributed by atoms with Gasteiger partial charge in [0.25, 0.3) is 5.91 Å². The molecule has 0 aromatic heterocycles. The Morgan fingerprint density at radius 2 is 2.20 bits per heavy atom. The average molecular weight is 141 g/mol. The molecule has 1 aliphatic heterocycles. The number of hydrazone groups is 1. The summed E-state index contributed by atoms with van der Waals surface area (Å²) < 4.78 is 0. The van der Waals surface area contributed by atoms with E-state index >= 15 is 0 Å². The van der Waals surface area contributed by atoms with E-state index in [4.69, 9.17) is 0 Å². The molecule has 0 fully saturated rings. The van der Waals surface area contributed by atoms with Gasteiger partial charge >= 0.3 is 0 Å². The molecule has 0 unspecified atom stereocenters. The van der Waals surface area contributed by atoms with Crippen molar-refractivity contribution in [3.63, 3.8) is 0 Å². The smallest absolute Gasteiger partial charge is 0.284 e. The summed E-state index contributed by atoms with van der Waals surface area (Å²) in [5.74, 6) is -0.588. The van der Waals surface area contributed by atoms with Crippen LogP contribution < -0.4 is 11.2 Å². The first-order valence-electron chi connectivity index (χ1n) is 2.41. The van der Waals surface area contributed by atoms with Crippen LogP contribution in [0.5, 0.6) is 0 Å². The molecule has 0 aliphatic carbocycles. The maximum atomic E-state index is 9.64. The number of rotatable bonds is 1. The summed E-state index contributed by atoms with van der Waals surface area (Å²) in [7, 11) is 0. The second-order valence-corrected chi connectivity index (χ2v) is 1.34. The van der Waals surface area contributed by atoms with Gasteiger partial charge in [0.05, 0.1) is 0 Å². The summed E-state index contributed by atoms with van der Waals surface area (Å²) in [5.41, 5.74) is 6.67. The number of hydrogen-bond donors (Lipinski definition) is 2. The van der Waals surface area contributed by atoms with Crippen molar-refractivity contribution in [3.05, 3.63) is 12.7 Å². The lowest BCUT2D eigenvalue weighted by Gasteiger charge is -1.96. The fourth-order valence-electron chi connectivity index (χ4n) is 0.117. The first kappa shape index (κ1) is 8.35. The normalized spacial score (nSPS) is 11.8. The molecule has 1 aliphatic rings. The molecule has 1 rings (SSSR count). The maximum absolute atomic E-state index is 9.64. The first-order valence-corrected chi connectivity index (χ1v) is 2.41. The van der Waals surface area contributed by atoms with Gasteiger partial charge in [-0.05, 0) is 6.08 Å². The van der Waals surface area contributed by atoms with Gasteiger partial charge in [0.15, 0.2) is 0 Å². The summed E-state index contributed by atoms with van der Waals surface area (Å²) in [6.45, 7) is 3.09. The summed E-state index contributed by atoms with van der Waals surface area (Å²) in [6, 6.07) is 0. The third-order valence-corrected chi connectivity index (χ3v) is 0.558. The fraction of sp³-hybridized carbons (Fsp3) is 0. The zero-order valence-corrected chi connectivity index (χ0v) is 5.20. The third kappa shape index (κ3) is 4.51. The summed E-state index contributed by atoms with van der Waals surface area (Å²) in [5, 5.41) is 3.27. The standard InChI is InChI=1S/C3H5NO.C2H2N2O/c1-2-3(4)5;5-2-1-3-4-2/h2H,1H2,(H2,4,5);1H,(H,4,5). The van der Waals surface area contributed by atoms with E-state index in [-0.39, 0.29) is 5.91 Å². The number of amides is 2. The van der Waals surface area contributed by atoms with Gasteiger partial charge in [-0.2, -0.15) is 5.10 Å². The molecule has 54 valence electrons. The lowest BCUT2D eigenvalue weighted by Crippen LogP contribution is -2.28. The van der Waals surface area contributed by atoms with Crippen molar-refractivity contribution >= 4 is 18.0 Å². The van der Waals surface area contributed by atoms with Gasteiger partial charge in [0.2, 0.25) is 5.91 Å². The monoisotopic (exact) mass is 141 g/mol. The molecule has 0 aromatic rings. The van der Waals surface area contributed by atoms with Crippen LogP contribution in [0.1, 0.15) is 0 Å². The van der Waals surface area contributed by atoms with Crippen molar-refractivity contribution in [1.82, 2.24) is 5.43 Å². The zero-order valence-electron chi connectivity index (χ0n) is 5.20. The molecule has 10 heavy (non-hydrogen) atoms. The molecule has 0 saturated carbocycles. The van der Waals surface area contributed by atoms with Gasteiger partial charge in [0.1, 0.15) is 6.21 Å². The molecule has 5 heteroatoms. The van der Waals surface area contributed by atoms with Crippen molar-refractivity contribution in [1.29, 1.82) is 0 Å². The second kappa shape index (κ2) is 4.25. The topological polar surface area (TPSA) is 84.6 Å². The quantitative estimate of drug-likeness (QED) is 0.447. The van der Waals surface area contributed by atoms with Crippen molar-refractivity contribution in [3.8, 4) is 0 Å². The lowest BCUT2D eigenvalue weighted by atomic mass is 10.6. The maximum Gasteiger partial charge on any atom is 0.284 e. The van der Waals surface area contributed by atoms with E-state index in [1.165, 1.54) is 6.21 Å². The minimum absolute atomic E-state index is 0.106. The summed E-state index contributed by atoms with van der Waals surface area (Å²) in [6.07, 6.45) is 2.28. The van der Waals surface area contributed by atoms with Crippen LogP contribution in [0.3, 0.4) is 0 Å².